The van der Waals surface area contributed by atoms with Crippen molar-refractivity contribution in [1.29, 1.82) is 0 Å². The van der Waals surface area contributed by atoms with Crippen molar-refractivity contribution in [2.24, 2.45) is 0 Å². The fraction of sp³-hybridized carbons (Fsp3) is 0.267. The Bertz CT molecular complexity index is 710. The number of carbonyl (C=O) groups is 2. The zero-order valence-corrected chi connectivity index (χ0v) is 13.7. The second-order valence-electron chi connectivity index (χ2n) is 4.79. The van der Waals surface area contributed by atoms with E-state index in [1.54, 1.807) is 45.3 Å². The minimum atomic E-state index is -0.324. The van der Waals surface area contributed by atoms with E-state index in [4.69, 9.17) is 4.74 Å². The SMILES string of the molecule is COc1ccccc1C(=O)Nc1nc(C)c(C(=O)N(C)C)s1. The van der Waals surface area contributed by atoms with Gasteiger partial charge in [-0.15, -0.1) is 0 Å². The first-order valence-corrected chi connectivity index (χ1v) is 7.39. The molecule has 0 aliphatic rings. The van der Waals surface area contributed by atoms with Crippen LogP contribution in [0.4, 0.5) is 5.13 Å². The Morgan fingerprint density at radius 3 is 2.59 bits per heavy atom. The van der Waals surface area contributed by atoms with Gasteiger partial charge < -0.3 is 9.64 Å². The van der Waals surface area contributed by atoms with Crippen molar-refractivity contribution in [3.63, 3.8) is 0 Å². The van der Waals surface area contributed by atoms with Gasteiger partial charge in [-0.2, -0.15) is 0 Å². The summed E-state index contributed by atoms with van der Waals surface area (Å²) >= 11 is 1.16. The third-order valence-corrected chi connectivity index (χ3v) is 4.03. The molecule has 0 atom stereocenters. The van der Waals surface area contributed by atoms with E-state index in [0.717, 1.165) is 11.3 Å². The lowest BCUT2D eigenvalue weighted by molar-refractivity contribution is 0.0831. The number of para-hydroxylation sites is 1. The number of nitrogens with zero attached hydrogens (tertiary/aromatic N) is 2. The van der Waals surface area contributed by atoms with E-state index >= 15 is 0 Å². The van der Waals surface area contributed by atoms with Gasteiger partial charge >= 0.3 is 0 Å². The Hall–Kier alpha value is -2.41. The molecule has 1 N–H and O–H groups in total. The number of nitrogens with one attached hydrogen (secondary N) is 1. The first kappa shape index (κ1) is 16.0. The number of thiazole rings is 1. The maximum Gasteiger partial charge on any atom is 0.265 e. The number of amides is 2. The van der Waals surface area contributed by atoms with Crippen molar-refractivity contribution in [2.45, 2.75) is 6.92 Å². The Balaban J connectivity index is 2.23. The van der Waals surface area contributed by atoms with E-state index < -0.39 is 0 Å². The molecular weight excluding hydrogens is 302 g/mol. The first-order valence-electron chi connectivity index (χ1n) is 6.57. The predicted molar refractivity (Wildman–Crippen MR) is 85.8 cm³/mol. The highest BCUT2D eigenvalue weighted by atomic mass is 32.1. The largest absolute Gasteiger partial charge is 0.496 e. The van der Waals surface area contributed by atoms with E-state index in [1.807, 2.05) is 0 Å². The molecule has 1 aromatic heterocycles. The van der Waals surface area contributed by atoms with E-state index in [9.17, 15) is 9.59 Å². The number of hydrogen-bond donors (Lipinski definition) is 1. The van der Waals surface area contributed by atoms with Gasteiger partial charge in [0.05, 0.1) is 18.4 Å². The summed E-state index contributed by atoms with van der Waals surface area (Å²) in [4.78, 5) is 30.5. The van der Waals surface area contributed by atoms with Gasteiger partial charge in [-0.25, -0.2) is 4.98 Å². The highest BCUT2D eigenvalue weighted by molar-refractivity contribution is 7.17. The summed E-state index contributed by atoms with van der Waals surface area (Å²) in [5, 5.41) is 3.09. The molecule has 0 aliphatic carbocycles. The molecule has 2 amide bonds. The van der Waals surface area contributed by atoms with Gasteiger partial charge in [0, 0.05) is 14.1 Å². The first-order chi connectivity index (χ1) is 10.4. The van der Waals surface area contributed by atoms with Crippen molar-refractivity contribution in [1.82, 2.24) is 9.88 Å². The van der Waals surface area contributed by atoms with Crippen LogP contribution in [0.15, 0.2) is 24.3 Å². The van der Waals surface area contributed by atoms with E-state index in [0.29, 0.717) is 27.0 Å². The summed E-state index contributed by atoms with van der Waals surface area (Å²) < 4.78 is 5.16. The van der Waals surface area contributed by atoms with Crippen LogP contribution in [0.25, 0.3) is 0 Å². The van der Waals surface area contributed by atoms with Crippen LogP contribution in [0.2, 0.25) is 0 Å². The van der Waals surface area contributed by atoms with Gasteiger partial charge in [0.2, 0.25) is 0 Å². The van der Waals surface area contributed by atoms with Crippen molar-refractivity contribution in [3.8, 4) is 5.75 Å². The topological polar surface area (TPSA) is 71.5 Å². The number of aromatic nitrogens is 1. The molecule has 0 radical (unpaired) electrons. The number of methoxy groups -OCH3 is 1. The Morgan fingerprint density at radius 1 is 1.27 bits per heavy atom. The molecule has 0 spiro atoms. The van der Waals surface area contributed by atoms with E-state index in [-0.39, 0.29) is 11.8 Å². The molecule has 0 saturated heterocycles. The highest BCUT2D eigenvalue weighted by Crippen LogP contribution is 2.25. The summed E-state index contributed by atoms with van der Waals surface area (Å²) in [6, 6.07) is 6.92. The monoisotopic (exact) mass is 319 g/mol. The van der Waals surface area contributed by atoms with Gasteiger partial charge in [-0.3, -0.25) is 14.9 Å². The summed E-state index contributed by atoms with van der Waals surface area (Å²) in [7, 11) is 4.86. The molecule has 0 unspecified atom stereocenters. The Labute approximate surface area is 132 Å². The molecule has 22 heavy (non-hydrogen) atoms. The molecule has 2 aromatic rings. The van der Waals surface area contributed by atoms with Crippen LogP contribution in [-0.4, -0.2) is 42.9 Å². The molecular formula is C15H17N3O3S. The molecule has 116 valence electrons. The van der Waals surface area contributed by atoms with Crippen LogP contribution in [0, 0.1) is 6.92 Å². The van der Waals surface area contributed by atoms with Crippen molar-refractivity contribution < 1.29 is 14.3 Å². The minimum Gasteiger partial charge on any atom is -0.496 e. The van der Waals surface area contributed by atoms with Gasteiger partial charge in [0.15, 0.2) is 5.13 Å². The van der Waals surface area contributed by atoms with Crippen LogP contribution in [0.3, 0.4) is 0 Å². The van der Waals surface area contributed by atoms with Gasteiger partial charge in [0.1, 0.15) is 10.6 Å². The minimum absolute atomic E-state index is 0.132. The maximum absolute atomic E-state index is 12.3. The number of hydrogen-bond acceptors (Lipinski definition) is 5. The summed E-state index contributed by atoms with van der Waals surface area (Å²) in [6.07, 6.45) is 0. The van der Waals surface area contributed by atoms with Crippen LogP contribution in [-0.2, 0) is 0 Å². The zero-order chi connectivity index (χ0) is 16.3. The second kappa shape index (κ2) is 6.57. The molecule has 2 rings (SSSR count). The van der Waals surface area contributed by atoms with E-state index in [2.05, 4.69) is 10.3 Å². The van der Waals surface area contributed by atoms with Gasteiger partial charge in [-0.1, -0.05) is 23.5 Å². The normalized spacial score (nSPS) is 10.2. The number of carbonyl (C=O) groups excluding carboxylic acids is 2. The average molecular weight is 319 g/mol. The number of ether oxygens (including phenoxy) is 1. The molecule has 7 heteroatoms. The van der Waals surface area contributed by atoms with Gasteiger partial charge in [0.25, 0.3) is 11.8 Å². The zero-order valence-electron chi connectivity index (χ0n) is 12.8. The van der Waals surface area contributed by atoms with E-state index in [1.165, 1.54) is 12.0 Å². The van der Waals surface area contributed by atoms with Crippen molar-refractivity contribution in [2.75, 3.05) is 26.5 Å². The Kier molecular flexibility index (Phi) is 4.77. The van der Waals surface area contributed by atoms with Crippen LogP contribution < -0.4 is 10.1 Å². The fourth-order valence-corrected chi connectivity index (χ4v) is 2.83. The quantitative estimate of drug-likeness (QED) is 0.939. The highest BCUT2D eigenvalue weighted by Gasteiger charge is 2.19. The van der Waals surface area contributed by atoms with Gasteiger partial charge in [-0.05, 0) is 19.1 Å². The summed E-state index contributed by atoms with van der Waals surface area (Å²) in [5.74, 6) is 0.0284. The molecule has 0 bridgehead atoms. The molecule has 0 aliphatic heterocycles. The maximum atomic E-state index is 12.3. The van der Waals surface area contributed by atoms with Crippen LogP contribution in [0.1, 0.15) is 25.7 Å². The van der Waals surface area contributed by atoms with Crippen LogP contribution in [0.5, 0.6) is 5.75 Å². The molecule has 6 nitrogen and oxygen atoms in total. The average Bonchev–Trinajstić information content (AvgIpc) is 2.86. The second-order valence-corrected chi connectivity index (χ2v) is 5.79. The number of rotatable bonds is 4. The summed E-state index contributed by atoms with van der Waals surface area (Å²) in [5.41, 5.74) is 1.01. The smallest absolute Gasteiger partial charge is 0.265 e. The predicted octanol–water partition coefficient (Wildman–Crippen LogP) is 2.41. The number of anilines is 1. The standard InChI is InChI=1S/C15H17N3O3S/c1-9-12(14(20)18(2)3)22-15(16-9)17-13(19)10-7-5-6-8-11(10)21-4/h5-8H,1-4H3,(H,16,17,19). The molecule has 0 saturated carbocycles. The number of benzene rings is 1. The fourth-order valence-electron chi connectivity index (χ4n) is 1.85. The summed E-state index contributed by atoms with van der Waals surface area (Å²) in [6.45, 7) is 1.74. The number of aryl methyl sites for hydroxylation is 1. The molecule has 0 fully saturated rings. The third kappa shape index (κ3) is 3.25. The molecule has 1 heterocycles. The lowest BCUT2D eigenvalue weighted by atomic mass is 10.2. The third-order valence-electron chi connectivity index (χ3n) is 2.97. The van der Waals surface area contributed by atoms with Crippen LogP contribution >= 0.6 is 11.3 Å². The lowest BCUT2D eigenvalue weighted by Gasteiger charge is -2.08. The van der Waals surface area contributed by atoms with Crippen molar-refractivity contribution >= 4 is 28.3 Å². The molecule has 1 aromatic carbocycles. The lowest BCUT2D eigenvalue weighted by Crippen LogP contribution is -2.21. The van der Waals surface area contributed by atoms with Crippen molar-refractivity contribution in [3.05, 3.63) is 40.4 Å². The Morgan fingerprint density at radius 2 is 1.95 bits per heavy atom.